The Morgan fingerprint density at radius 3 is 2.13 bits per heavy atom. The van der Waals surface area contributed by atoms with Crippen molar-refractivity contribution in [1.29, 1.82) is 0 Å². The molecular formula is C34H34Cl2N4O6S. The van der Waals surface area contributed by atoms with E-state index in [1.165, 1.54) is 47.4 Å². The van der Waals surface area contributed by atoms with E-state index in [1.54, 1.807) is 24.3 Å². The Kier molecular flexibility index (Phi) is 12.4. The number of carbonyl (C=O) groups excluding carboxylic acids is 2. The quantitative estimate of drug-likeness (QED) is 0.0841. The lowest BCUT2D eigenvalue weighted by molar-refractivity contribution is -0.384. The number of anilines is 1. The van der Waals surface area contributed by atoms with Crippen LogP contribution in [0.5, 0.6) is 0 Å². The van der Waals surface area contributed by atoms with Crippen LogP contribution in [0, 0.1) is 10.1 Å². The first-order valence-corrected chi connectivity index (χ1v) is 17.1. The fourth-order valence-corrected chi connectivity index (χ4v) is 6.87. The third-order valence-electron chi connectivity index (χ3n) is 7.43. The van der Waals surface area contributed by atoms with Gasteiger partial charge in [-0.15, -0.1) is 0 Å². The van der Waals surface area contributed by atoms with E-state index in [9.17, 15) is 28.1 Å². The first-order chi connectivity index (χ1) is 22.5. The average Bonchev–Trinajstić information content (AvgIpc) is 3.07. The molecule has 4 aromatic carbocycles. The minimum Gasteiger partial charge on any atom is -0.354 e. The first kappa shape index (κ1) is 35.4. The fourth-order valence-electron chi connectivity index (χ4n) is 4.92. The summed E-state index contributed by atoms with van der Waals surface area (Å²) in [5.41, 5.74) is 0.675. The lowest BCUT2D eigenvalue weighted by Crippen LogP contribution is -2.53. The number of sulfonamides is 1. The lowest BCUT2D eigenvalue weighted by Gasteiger charge is -2.34. The molecule has 1 N–H and O–H groups in total. The summed E-state index contributed by atoms with van der Waals surface area (Å²) < 4.78 is 29.0. The van der Waals surface area contributed by atoms with Gasteiger partial charge >= 0.3 is 0 Å². The molecule has 2 amide bonds. The fraction of sp³-hybridized carbons (Fsp3) is 0.235. The van der Waals surface area contributed by atoms with Crippen LogP contribution in [0.1, 0.15) is 30.9 Å². The van der Waals surface area contributed by atoms with Gasteiger partial charge in [-0.25, -0.2) is 8.42 Å². The Balaban J connectivity index is 1.84. The summed E-state index contributed by atoms with van der Waals surface area (Å²) in [5, 5.41) is 15.1. The molecule has 0 bridgehead atoms. The lowest BCUT2D eigenvalue weighted by atomic mass is 10.0. The van der Waals surface area contributed by atoms with E-state index in [-0.39, 0.29) is 39.3 Å². The Bertz CT molecular complexity index is 1790. The highest BCUT2D eigenvalue weighted by Crippen LogP contribution is 2.30. The van der Waals surface area contributed by atoms with Crippen molar-refractivity contribution in [2.45, 2.75) is 43.7 Å². The minimum atomic E-state index is -4.43. The van der Waals surface area contributed by atoms with Crippen LogP contribution in [0.2, 0.25) is 10.0 Å². The van der Waals surface area contributed by atoms with E-state index in [0.717, 1.165) is 22.4 Å². The highest BCUT2D eigenvalue weighted by Gasteiger charge is 2.35. The summed E-state index contributed by atoms with van der Waals surface area (Å²) in [7, 11) is -4.43. The van der Waals surface area contributed by atoms with Gasteiger partial charge in [0.1, 0.15) is 12.6 Å². The summed E-state index contributed by atoms with van der Waals surface area (Å²) in [6.07, 6.45) is 1.65. The zero-order valence-corrected chi connectivity index (χ0v) is 27.9. The van der Waals surface area contributed by atoms with Crippen LogP contribution < -0.4 is 9.62 Å². The van der Waals surface area contributed by atoms with Crippen LogP contribution in [0.25, 0.3) is 0 Å². The number of non-ortho nitro benzene ring substituents is 1. The van der Waals surface area contributed by atoms with E-state index in [1.807, 2.05) is 37.3 Å². The van der Waals surface area contributed by atoms with Crippen molar-refractivity contribution in [2.75, 3.05) is 17.4 Å². The molecule has 0 radical (unpaired) electrons. The van der Waals surface area contributed by atoms with Crippen molar-refractivity contribution in [1.82, 2.24) is 10.2 Å². The molecule has 246 valence electrons. The highest BCUT2D eigenvalue weighted by atomic mass is 35.5. The number of rotatable bonds is 15. The number of benzene rings is 4. The van der Waals surface area contributed by atoms with Crippen LogP contribution >= 0.6 is 23.2 Å². The second kappa shape index (κ2) is 16.4. The number of amides is 2. The van der Waals surface area contributed by atoms with Crippen molar-refractivity contribution < 1.29 is 22.9 Å². The van der Waals surface area contributed by atoms with Crippen molar-refractivity contribution in [3.05, 3.63) is 134 Å². The maximum atomic E-state index is 14.5. The molecule has 0 aliphatic carbocycles. The molecule has 4 aromatic rings. The molecule has 13 heteroatoms. The number of halogens is 2. The summed E-state index contributed by atoms with van der Waals surface area (Å²) in [4.78, 5) is 40.5. The van der Waals surface area contributed by atoms with E-state index in [2.05, 4.69) is 5.32 Å². The molecule has 4 rings (SSSR count). The zero-order valence-electron chi connectivity index (χ0n) is 25.6. The molecule has 0 aromatic heterocycles. The van der Waals surface area contributed by atoms with Crippen molar-refractivity contribution in [3.63, 3.8) is 0 Å². The molecule has 10 nitrogen and oxygen atoms in total. The van der Waals surface area contributed by atoms with Gasteiger partial charge in [-0.2, -0.15) is 0 Å². The molecule has 0 spiro atoms. The van der Waals surface area contributed by atoms with Crippen LogP contribution in [0.3, 0.4) is 0 Å². The monoisotopic (exact) mass is 696 g/mol. The Hall–Kier alpha value is -4.45. The Morgan fingerprint density at radius 1 is 0.894 bits per heavy atom. The minimum absolute atomic E-state index is 0.0980. The number of nitro benzene ring substituents is 1. The van der Waals surface area contributed by atoms with Gasteiger partial charge in [0.25, 0.3) is 15.7 Å². The summed E-state index contributed by atoms with van der Waals surface area (Å²) in [5.74, 6) is -1.19. The number of hydrogen-bond acceptors (Lipinski definition) is 6. The molecule has 1 atom stereocenters. The van der Waals surface area contributed by atoms with Gasteiger partial charge in [0, 0.05) is 47.3 Å². The second-order valence-corrected chi connectivity index (χ2v) is 13.4. The van der Waals surface area contributed by atoms with Crippen molar-refractivity contribution in [2.24, 2.45) is 0 Å². The molecule has 47 heavy (non-hydrogen) atoms. The summed E-state index contributed by atoms with van der Waals surface area (Å²) >= 11 is 13.1. The zero-order chi connectivity index (χ0) is 34.0. The van der Waals surface area contributed by atoms with Gasteiger partial charge < -0.3 is 10.2 Å². The summed E-state index contributed by atoms with van der Waals surface area (Å²) in [6, 6.07) is 25.3. The van der Waals surface area contributed by atoms with Gasteiger partial charge in [-0.05, 0) is 42.3 Å². The maximum Gasteiger partial charge on any atom is 0.271 e. The molecule has 0 fully saturated rings. The van der Waals surface area contributed by atoms with Gasteiger partial charge in [0.15, 0.2) is 0 Å². The Morgan fingerprint density at radius 2 is 1.51 bits per heavy atom. The molecule has 0 unspecified atom stereocenters. The predicted molar refractivity (Wildman–Crippen MR) is 183 cm³/mol. The van der Waals surface area contributed by atoms with Gasteiger partial charge in [-0.1, -0.05) is 97.2 Å². The molecule has 0 aliphatic rings. The van der Waals surface area contributed by atoms with Gasteiger partial charge in [0.2, 0.25) is 11.8 Å². The smallest absolute Gasteiger partial charge is 0.271 e. The highest BCUT2D eigenvalue weighted by molar-refractivity contribution is 7.92. The number of hydrogen-bond donors (Lipinski definition) is 1. The van der Waals surface area contributed by atoms with E-state index in [4.69, 9.17) is 23.2 Å². The van der Waals surface area contributed by atoms with Gasteiger partial charge in [-0.3, -0.25) is 24.0 Å². The number of nitro groups is 1. The Labute approximate surface area is 284 Å². The second-order valence-electron chi connectivity index (χ2n) is 10.7. The molecule has 0 heterocycles. The van der Waals surface area contributed by atoms with Crippen LogP contribution in [0.4, 0.5) is 11.4 Å². The summed E-state index contributed by atoms with van der Waals surface area (Å²) in [6.45, 7) is 1.36. The normalized spacial score (nSPS) is 11.8. The largest absolute Gasteiger partial charge is 0.354 e. The van der Waals surface area contributed by atoms with Crippen LogP contribution in [-0.2, 0) is 32.6 Å². The molecule has 0 saturated carbocycles. The maximum absolute atomic E-state index is 14.5. The van der Waals surface area contributed by atoms with E-state index >= 15 is 0 Å². The van der Waals surface area contributed by atoms with E-state index in [0.29, 0.717) is 18.5 Å². The first-order valence-electron chi connectivity index (χ1n) is 14.9. The number of nitrogens with zero attached hydrogens (tertiary/aromatic N) is 3. The number of carbonyl (C=O) groups is 2. The van der Waals surface area contributed by atoms with Crippen molar-refractivity contribution >= 4 is 56.4 Å². The SMILES string of the molecule is CCCCNC(=O)[C@@H](Cc1ccccc1)N(Cc1c(Cl)cccc1Cl)C(=O)CN(c1cccc([N+](=O)[O-])c1)S(=O)(=O)c1ccccc1. The standard InChI is InChI=1S/C34H34Cl2N4O6S/c1-2-3-20-37-34(42)32(21-25-12-6-4-7-13-25)38(23-29-30(35)18-11-19-31(29)36)33(41)24-39(26-14-10-15-27(22-26)40(43)44)47(45,46)28-16-8-5-9-17-28/h4-19,22,32H,2-3,20-21,23-24H2,1H3,(H,37,42)/t32-/m1/s1. The molecular weight excluding hydrogens is 663 g/mol. The van der Waals surface area contributed by atoms with E-state index < -0.39 is 39.3 Å². The van der Waals surface area contributed by atoms with Crippen LogP contribution in [0.15, 0.2) is 108 Å². The predicted octanol–water partition coefficient (Wildman–Crippen LogP) is 6.65. The van der Waals surface area contributed by atoms with Crippen LogP contribution in [-0.4, -0.2) is 49.2 Å². The number of unbranched alkanes of at least 4 members (excludes halogenated alkanes) is 1. The van der Waals surface area contributed by atoms with Gasteiger partial charge in [0.05, 0.1) is 15.5 Å². The molecule has 0 aliphatic heterocycles. The average molecular weight is 698 g/mol. The molecule has 0 saturated heterocycles. The topological polar surface area (TPSA) is 130 Å². The third kappa shape index (κ3) is 9.09. The third-order valence-corrected chi connectivity index (χ3v) is 9.93. The number of nitrogens with one attached hydrogen (secondary N) is 1. The van der Waals surface area contributed by atoms with Crippen molar-refractivity contribution in [3.8, 4) is 0 Å².